The molecule has 6 heteroatoms. The van der Waals surface area contributed by atoms with Crippen LogP contribution in [0.2, 0.25) is 0 Å². The number of rotatable bonds is 4. The van der Waals surface area contributed by atoms with Gasteiger partial charge in [0.1, 0.15) is 11.3 Å². The van der Waals surface area contributed by atoms with Crippen LogP contribution in [0, 0.1) is 6.92 Å². The molecule has 4 rings (SSSR count). The topological polar surface area (TPSA) is 46.0 Å². The van der Waals surface area contributed by atoms with Gasteiger partial charge in [-0.25, -0.2) is 0 Å². The number of phenolic OH excluding ortho intramolecular Hbond substituents is 1. The Balaban J connectivity index is 1.82. The number of halogens is 3. The Bertz CT molecular complexity index is 1190. The first-order valence-electron chi connectivity index (χ1n) is 9.48. The molecule has 1 unspecified atom stereocenters. The van der Waals surface area contributed by atoms with Crippen molar-refractivity contribution in [2.45, 2.75) is 25.4 Å². The molecule has 0 saturated heterocycles. The third-order valence-electron chi connectivity index (χ3n) is 5.18. The van der Waals surface area contributed by atoms with Crippen LogP contribution in [-0.4, -0.2) is 15.1 Å². The highest BCUT2D eigenvalue weighted by Crippen LogP contribution is 2.38. The molecule has 1 atom stereocenters. The molecular formula is C24H19F3N2O. The lowest BCUT2D eigenvalue weighted by Gasteiger charge is -2.20. The first-order chi connectivity index (χ1) is 14.3. The lowest BCUT2D eigenvalue weighted by Crippen LogP contribution is -2.09. The van der Waals surface area contributed by atoms with Crippen LogP contribution in [0.5, 0.6) is 5.75 Å². The molecule has 30 heavy (non-hydrogen) atoms. The van der Waals surface area contributed by atoms with E-state index in [1.54, 1.807) is 24.5 Å². The fourth-order valence-electron chi connectivity index (χ4n) is 3.66. The standard InChI is InChI=1S/C24H19F3N2O/c1-15-10-12-28-19(13-15)14-21(16-4-7-18(8-5-16)24(25,26)27)20-9-6-17-3-2-11-29-22(17)23(20)30/h2-13,21,30H,14H2,1H3. The predicted molar refractivity (Wildman–Crippen MR) is 109 cm³/mol. The van der Waals surface area contributed by atoms with Crippen molar-refractivity contribution in [1.29, 1.82) is 0 Å². The van der Waals surface area contributed by atoms with Crippen LogP contribution in [0.4, 0.5) is 13.2 Å². The van der Waals surface area contributed by atoms with E-state index >= 15 is 0 Å². The van der Waals surface area contributed by atoms with Crippen LogP contribution in [-0.2, 0) is 12.6 Å². The molecule has 4 aromatic rings. The van der Waals surface area contributed by atoms with Crippen molar-refractivity contribution in [3.8, 4) is 5.75 Å². The molecule has 2 aromatic heterocycles. The first kappa shape index (κ1) is 19.9. The van der Waals surface area contributed by atoms with Crippen LogP contribution in [0.25, 0.3) is 10.9 Å². The highest BCUT2D eigenvalue weighted by atomic mass is 19.4. The number of pyridine rings is 2. The van der Waals surface area contributed by atoms with Gasteiger partial charge < -0.3 is 5.11 Å². The summed E-state index contributed by atoms with van der Waals surface area (Å²) in [4.78, 5) is 8.67. The van der Waals surface area contributed by atoms with E-state index in [4.69, 9.17) is 0 Å². The summed E-state index contributed by atoms with van der Waals surface area (Å²) in [5, 5.41) is 11.7. The number of aryl methyl sites for hydroxylation is 1. The van der Waals surface area contributed by atoms with E-state index in [0.29, 0.717) is 23.1 Å². The molecule has 0 radical (unpaired) electrons. The van der Waals surface area contributed by atoms with Crippen molar-refractivity contribution in [3.63, 3.8) is 0 Å². The number of nitrogens with zero attached hydrogens (tertiary/aromatic N) is 2. The number of phenols is 1. The van der Waals surface area contributed by atoms with E-state index in [0.717, 1.165) is 28.8 Å². The van der Waals surface area contributed by atoms with Crippen molar-refractivity contribution < 1.29 is 18.3 Å². The highest BCUT2D eigenvalue weighted by molar-refractivity contribution is 5.85. The summed E-state index contributed by atoms with van der Waals surface area (Å²) in [6.45, 7) is 1.95. The van der Waals surface area contributed by atoms with Crippen molar-refractivity contribution in [2.75, 3.05) is 0 Å². The van der Waals surface area contributed by atoms with Gasteiger partial charge in [0.15, 0.2) is 0 Å². The maximum absolute atomic E-state index is 13.0. The van der Waals surface area contributed by atoms with E-state index in [1.807, 2.05) is 31.2 Å². The Labute approximate surface area is 171 Å². The predicted octanol–water partition coefficient (Wildman–Crippen LogP) is 6.04. The SMILES string of the molecule is Cc1ccnc(CC(c2ccc(C(F)(F)F)cc2)c2ccc3cccnc3c2O)c1. The van der Waals surface area contributed by atoms with Crippen molar-refractivity contribution in [3.05, 3.63) is 101 Å². The fraction of sp³-hybridized carbons (Fsp3) is 0.167. The molecule has 0 amide bonds. The molecule has 0 fully saturated rings. The van der Waals surface area contributed by atoms with Crippen LogP contribution < -0.4 is 0 Å². The molecule has 1 N–H and O–H groups in total. The van der Waals surface area contributed by atoms with Crippen molar-refractivity contribution in [2.24, 2.45) is 0 Å². The third kappa shape index (κ3) is 3.99. The lowest BCUT2D eigenvalue weighted by molar-refractivity contribution is -0.137. The summed E-state index contributed by atoms with van der Waals surface area (Å²) >= 11 is 0. The van der Waals surface area contributed by atoms with E-state index < -0.39 is 11.7 Å². The van der Waals surface area contributed by atoms with Gasteiger partial charge in [0.05, 0.1) is 5.56 Å². The van der Waals surface area contributed by atoms with E-state index in [1.165, 1.54) is 12.1 Å². The number of hydrogen-bond acceptors (Lipinski definition) is 3. The molecular weight excluding hydrogens is 389 g/mol. The smallest absolute Gasteiger partial charge is 0.416 e. The second-order valence-electron chi connectivity index (χ2n) is 7.28. The number of aromatic hydroxyl groups is 1. The van der Waals surface area contributed by atoms with Gasteiger partial charge in [-0.1, -0.05) is 30.3 Å². The molecule has 0 spiro atoms. The van der Waals surface area contributed by atoms with Gasteiger partial charge in [-0.05, 0) is 48.4 Å². The van der Waals surface area contributed by atoms with Gasteiger partial charge in [0.2, 0.25) is 0 Å². The van der Waals surface area contributed by atoms with Crippen LogP contribution >= 0.6 is 0 Å². The molecule has 0 bridgehead atoms. The van der Waals surface area contributed by atoms with Crippen molar-refractivity contribution in [1.82, 2.24) is 9.97 Å². The number of aromatic nitrogens is 2. The summed E-state index contributed by atoms with van der Waals surface area (Å²) in [5.41, 5.74) is 2.85. The maximum Gasteiger partial charge on any atom is 0.416 e. The van der Waals surface area contributed by atoms with E-state index in [2.05, 4.69) is 9.97 Å². The summed E-state index contributed by atoms with van der Waals surface area (Å²) in [6, 6.07) is 16.2. The average molecular weight is 408 g/mol. The summed E-state index contributed by atoms with van der Waals surface area (Å²) in [6.07, 6.45) is -0.669. The van der Waals surface area contributed by atoms with Gasteiger partial charge in [-0.15, -0.1) is 0 Å². The number of benzene rings is 2. The monoisotopic (exact) mass is 408 g/mol. The maximum atomic E-state index is 13.0. The quantitative estimate of drug-likeness (QED) is 0.448. The van der Waals surface area contributed by atoms with Crippen molar-refractivity contribution >= 4 is 10.9 Å². The summed E-state index contributed by atoms with van der Waals surface area (Å²) < 4.78 is 39.0. The average Bonchev–Trinajstić information content (AvgIpc) is 2.72. The highest BCUT2D eigenvalue weighted by Gasteiger charge is 2.30. The largest absolute Gasteiger partial charge is 0.505 e. The minimum atomic E-state index is -4.40. The first-order valence-corrected chi connectivity index (χ1v) is 9.48. The molecule has 0 aliphatic rings. The Morgan fingerprint density at radius 3 is 2.40 bits per heavy atom. The number of alkyl halides is 3. The van der Waals surface area contributed by atoms with Crippen LogP contribution in [0.1, 0.15) is 33.9 Å². The number of hydrogen-bond donors (Lipinski definition) is 1. The summed E-state index contributed by atoms with van der Waals surface area (Å²) in [7, 11) is 0. The molecule has 2 aromatic carbocycles. The Hall–Kier alpha value is -3.41. The third-order valence-corrected chi connectivity index (χ3v) is 5.18. The Kier molecular flexibility index (Phi) is 5.16. The minimum absolute atomic E-state index is 0.0330. The molecule has 0 aliphatic carbocycles. The van der Waals surface area contributed by atoms with Gasteiger partial charge >= 0.3 is 6.18 Å². The van der Waals surface area contributed by atoms with Gasteiger partial charge in [-0.3, -0.25) is 9.97 Å². The molecule has 0 aliphatic heterocycles. The molecule has 152 valence electrons. The van der Waals surface area contributed by atoms with E-state index in [9.17, 15) is 18.3 Å². The zero-order chi connectivity index (χ0) is 21.3. The normalized spacial score (nSPS) is 12.8. The summed E-state index contributed by atoms with van der Waals surface area (Å²) in [5.74, 6) is -0.348. The minimum Gasteiger partial charge on any atom is -0.505 e. The second kappa shape index (κ2) is 7.78. The Morgan fingerprint density at radius 2 is 1.70 bits per heavy atom. The van der Waals surface area contributed by atoms with E-state index in [-0.39, 0.29) is 11.7 Å². The lowest BCUT2D eigenvalue weighted by atomic mass is 9.85. The zero-order valence-electron chi connectivity index (χ0n) is 16.2. The fourth-order valence-corrected chi connectivity index (χ4v) is 3.66. The Morgan fingerprint density at radius 1 is 0.933 bits per heavy atom. The molecule has 0 saturated carbocycles. The second-order valence-corrected chi connectivity index (χ2v) is 7.28. The van der Waals surface area contributed by atoms with Crippen LogP contribution in [0.3, 0.4) is 0 Å². The van der Waals surface area contributed by atoms with Crippen LogP contribution in [0.15, 0.2) is 73.1 Å². The van der Waals surface area contributed by atoms with Gasteiger partial charge in [0, 0.05) is 41.4 Å². The zero-order valence-corrected chi connectivity index (χ0v) is 16.2. The molecule has 2 heterocycles. The van der Waals surface area contributed by atoms with Gasteiger partial charge in [-0.2, -0.15) is 13.2 Å². The van der Waals surface area contributed by atoms with Gasteiger partial charge in [0.25, 0.3) is 0 Å². The number of fused-ring (bicyclic) bond motifs is 1. The molecule has 3 nitrogen and oxygen atoms in total.